The highest BCUT2D eigenvalue weighted by atomic mass is 127. The fourth-order valence-corrected chi connectivity index (χ4v) is 3.74. The molecule has 0 bridgehead atoms. The molecule has 3 heteroatoms. The molecule has 27 heavy (non-hydrogen) atoms. The molecule has 0 unspecified atom stereocenters. The second-order valence-corrected chi connectivity index (χ2v) is 7.09. The van der Waals surface area contributed by atoms with Crippen molar-refractivity contribution in [1.82, 2.24) is 0 Å². The third-order valence-corrected chi connectivity index (χ3v) is 5.20. The quantitative estimate of drug-likeness (QED) is 0.414. The van der Waals surface area contributed by atoms with E-state index in [-0.39, 0.29) is 24.0 Å². The van der Waals surface area contributed by atoms with E-state index in [1.165, 1.54) is 44.7 Å². The van der Waals surface area contributed by atoms with Crippen molar-refractivity contribution in [1.29, 1.82) is 0 Å². The van der Waals surface area contributed by atoms with Crippen molar-refractivity contribution in [2.75, 3.05) is 11.9 Å². The van der Waals surface area contributed by atoms with E-state index in [0.29, 0.717) is 0 Å². The van der Waals surface area contributed by atoms with Gasteiger partial charge in [0.05, 0.1) is 0 Å². The molecule has 1 aromatic heterocycles. The minimum absolute atomic E-state index is 0. The molecule has 3 aromatic rings. The molecule has 0 fully saturated rings. The van der Waals surface area contributed by atoms with E-state index in [4.69, 9.17) is 0 Å². The molecule has 0 saturated carbocycles. The first kappa shape index (κ1) is 19.6. The van der Waals surface area contributed by atoms with Crippen LogP contribution in [0.3, 0.4) is 0 Å². The van der Waals surface area contributed by atoms with Gasteiger partial charge in [0, 0.05) is 42.0 Å². The number of halogens is 1. The number of allylic oxidation sites excluding steroid dienone is 1. The summed E-state index contributed by atoms with van der Waals surface area (Å²) >= 11 is 0. The van der Waals surface area contributed by atoms with Crippen molar-refractivity contribution < 1.29 is 28.5 Å². The molecular formula is C24H25IN2. The molecule has 2 heterocycles. The number of rotatable bonds is 2. The second-order valence-electron chi connectivity index (χ2n) is 7.09. The number of benzene rings is 2. The Morgan fingerprint density at radius 2 is 1.67 bits per heavy atom. The number of hydrogen-bond donors (Lipinski definition) is 0. The number of aryl methyl sites for hydroxylation is 3. The van der Waals surface area contributed by atoms with Crippen molar-refractivity contribution in [3.05, 3.63) is 82.7 Å². The molecule has 0 radical (unpaired) electrons. The lowest BCUT2D eigenvalue weighted by Gasteiger charge is -2.26. The summed E-state index contributed by atoms with van der Waals surface area (Å²) in [6, 6.07) is 17.7. The van der Waals surface area contributed by atoms with Crippen LogP contribution in [0.2, 0.25) is 0 Å². The maximum atomic E-state index is 2.38. The van der Waals surface area contributed by atoms with Crippen LogP contribution in [0, 0.1) is 13.8 Å². The normalized spacial score (nSPS) is 14.4. The highest BCUT2D eigenvalue weighted by Gasteiger charge is 2.17. The Hall–Kier alpha value is -2.14. The first-order valence-corrected chi connectivity index (χ1v) is 9.24. The summed E-state index contributed by atoms with van der Waals surface area (Å²) in [6.45, 7) is 7.45. The zero-order valence-corrected chi connectivity index (χ0v) is 18.5. The van der Waals surface area contributed by atoms with Gasteiger partial charge < -0.3 is 28.9 Å². The Kier molecular flexibility index (Phi) is 5.70. The fourth-order valence-electron chi connectivity index (χ4n) is 3.74. The SMILES string of the molecule is CC[n+]1c(/C=C2\C=Cc3ccc(C)cc3N2C)ccc2cc(C)ccc21.[I-]. The number of pyridine rings is 1. The Balaban J connectivity index is 0.00000210. The molecule has 138 valence electrons. The summed E-state index contributed by atoms with van der Waals surface area (Å²) in [6.07, 6.45) is 6.70. The monoisotopic (exact) mass is 468 g/mol. The van der Waals surface area contributed by atoms with Gasteiger partial charge in [-0.25, -0.2) is 0 Å². The average molecular weight is 468 g/mol. The Labute approximate surface area is 178 Å². The van der Waals surface area contributed by atoms with Crippen LogP contribution < -0.4 is 33.4 Å². The van der Waals surface area contributed by atoms with Crippen molar-refractivity contribution in [2.24, 2.45) is 0 Å². The smallest absolute Gasteiger partial charge is 0.212 e. The molecule has 2 nitrogen and oxygen atoms in total. The molecule has 0 N–H and O–H groups in total. The first-order valence-electron chi connectivity index (χ1n) is 9.24. The highest BCUT2D eigenvalue weighted by molar-refractivity contribution is 5.81. The van der Waals surface area contributed by atoms with Gasteiger partial charge in [0.15, 0.2) is 0 Å². The largest absolute Gasteiger partial charge is 1.00 e. The van der Waals surface area contributed by atoms with Crippen LogP contribution in [0.1, 0.15) is 29.3 Å². The van der Waals surface area contributed by atoms with Gasteiger partial charge in [-0.1, -0.05) is 29.8 Å². The molecule has 0 aliphatic carbocycles. The Morgan fingerprint density at radius 1 is 0.926 bits per heavy atom. The van der Waals surface area contributed by atoms with Gasteiger partial charge >= 0.3 is 0 Å². The van der Waals surface area contributed by atoms with E-state index in [2.05, 4.69) is 104 Å². The molecule has 0 saturated heterocycles. The summed E-state index contributed by atoms with van der Waals surface area (Å²) in [5.41, 5.74) is 8.84. The van der Waals surface area contributed by atoms with Gasteiger partial charge in [0.2, 0.25) is 11.2 Å². The molecular weight excluding hydrogens is 443 g/mol. The summed E-state index contributed by atoms with van der Waals surface area (Å²) in [7, 11) is 2.15. The van der Waals surface area contributed by atoms with Crippen LogP contribution in [-0.4, -0.2) is 7.05 Å². The van der Waals surface area contributed by atoms with Gasteiger partial charge in [-0.2, -0.15) is 4.57 Å². The molecule has 0 spiro atoms. The van der Waals surface area contributed by atoms with Crippen molar-refractivity contribution in [2.45, 2.75) is 27.3 Å². The van der Waals surface area contributed by atoms with Crippen LogP contribution in [0.4, 0.5) is 5.69 Å². The predicted molar refractivity (Wildman–Crippen MR) is 111 cm³/mol. The second kappa shape index (κ2) is 7.85. The molecule has 1 aliphatic heterocycles. The zero-order chi connectivity index (χ0) is 18.3. The molecule has 0 amide bonds. The van der Waals surface area contributed by atoms with E-state index in [1.54, 1.807) is 0 Å². The molecule has 4 rings (SSSR count). The van der Waals surface area contributed by atoms with Crippen molar-refractivity contribution in [3.8, 4) is 0 Å². The van der Waals surface area contributed by atoms with Crippen molar-refractivity contribution >= 4 is 28.7 Å². The third kappa shape index (κ3) is 3.65. The number of hydrogen-bond acceptors (Lipinski definition) is 1. The Bertz CT molecular complexity index is 1060. The average Bonchev–Trinajstić information content (AvgIpc) is 2.64. The van der Waals surface area contributed by atoms with E-state index in [1.807, 2.05) is 0 Å². The number of nitrogens with zero attached hydrogens (tertiary/aromatic N) is 2. The minimum atomic E-state index is 0. The van der Waals surface area contributed by atoms with Gasteiger partial charge in [0.25, 0.3) is 0 Å². The Morgan fingerprint density at radius 3 is 2.44 bits per heavy atom. The van der Waals surface area contributed by atoms with Crippen LogP contribution in [0.15, 0.2) is 60.3 Å². The van der Waals surface area contributed by atoms with Crippen LogP contribution in [0.5, 0.6) is 0 Å². The highest BCUT2D eigenvalue weighted by Crippen LogP contribution is 2.31. The summed E-state index contributed by atoms with van der Waals surface area (Å²) < 4.78 is 2.38. The maximum Gasteiger partial charge on any atom is 0.212 e. The van der Waals surface area contributed by atoms with E-state index >= 15 is 0 Å². The third-order valence-electron chi connectivity index (χ3n) is 5.20. The lowest BCUT2D eigenvalue weighted by atomic mass is 10.0. The van der Waals surface area contributed by atoms with E-state index in [0.717, 1.165) is 6.54 Å². The lowest BCUT2D eigenvalue weighted by Crippen LogP contribution is -3.00. The number of likely N-dealkylation sites (N-methyl/N-ethyl adjacent to an activating group) is 1. The van der Waals surface area contributed by atoms with E-state index in [9.17, 15) is 0 Å². The predicted octanol–water partition coefficient (Wildman–Crippen LogP) is 2.27. The maximum absolute atomic E-state index is 2.38. The summed E-state index contributed by atoms with van der Waals surface area (Å²) in [5.74, 6) is 0. The number of anilines is 1. The van der Waals surface area contributed by atoms with Gasteiger partial charge in [-0.05, 0) is 56.2 Å². The fraction of sp³-hybridized carbons (Fsp3) is 0.208. The lowest BCUT2D eigenvalue weighted by molar-refractivity contribution is -0.669. The first-order chi connectivity index (χ1) is 12.6. The van der Waals surface area contributed by atoms with Crippen LogP contribution in [-0.2, 0) is 6.54 Å². The van der Waals surface area contributed by atoms with Gasteiger partial charge in [-0.3, -0.25) is 0 Å². The zero-order valence-electron chi connectivity index (χ0n) is 16.3. The molecule has 1 aliphatic rings. The number of fused-ring (bicyclic) bond motifs is 2. The van der Waals surface area contributed by atoms with E-state index < -0.39 is 0 Å². The summed E-state index contributed by atoms with van der Waals surface area (Å²) in [5, 5.41) is 1.29. The van der Waals surface area contributed by atoms with Gasteiger partial charge in [-0.15, -0.1) is 0 Å². The summed E-state index contributed by atoms with van der Waals surface area (Å²) in [4.78, 5) is 2.28. The number of aromatic nitrogens is 1. The van der Waals surface area contributed by atoms with Crippen LogP contribution in [0.25, 0.3) is 23.1 Å². The molecule has 2 aromatic carbocycles. The molecule has 0 atom stereocenters. The van der Waals surface area contributed by atoms with Crippen LogP contribution >= 0.6 is 0 Å². The van der Waals surface area contributed by atoms with Gasteiger partial charge in [0.1, 0.15) is 6.54 Å². The topological polar surface area (TPSA) is 7.12 Å². The standard InChI is InChI=1S/C24H25N2.HI/c1-5-26-22(12-10-20-14-17(2)7-13-23(20)26)16-21-11-9-19-8-6-18(3)15-24(19)25(21)4;/h6-16H,5H2,1-4H3;1H/q+1;/p-1. The van der Waals surface area contributed by atoms with Crippen molar-refractivity contribution in [3.63, 3.8) is 0 Å². The minimum Gasteiger partial charge on any atom is -1.00 e.